The van der Waals surface area contributed by atoms with Crippen LogP contribution in [0, 0.1) is 0 Å². The maximum absolute atomic E-state index is 12.4. The number of carbonyl (C=O) groups is 1. The van der Waals surface area contributed by atoms with E-state index in [1.807, 2.05) is 0 Å². The minimum absolute atomic E-state index is 0.0112. The monoisotopic (exact) mass is 380 g/mol. The van der Waals surface area contributed by atoms with Gasteiger partial charge in [0, 0.05) is 29.5 Å². The van der Waals surface area contributed by atoms with Crippen LogP contribution >= 0.6 is 15.9 Å². The van der Waals surface area contributed by atoms with Crippen LogP contribution < -0.4 is 10.6 Å². The van der Waals surface area contributed by atoms with Gasteiger partial charge in [0.15, 0.2) is 0 Å². The summed E-state index contributed by atoms with van der Waals surface area (Å²) >= 11 is 3.58. The SMILES string of the molecule is O=C(NCC1(c2cccc(Br)c2)CCCCC1)C1CNCCO1. The first-order chi connectivity index (χ1) is 11.2. The van der Waals surface area contributed by atoms with Gasteiger partial charge in [-0.25, -0.2) is 0 Å². The van der Waals surface area contributed by atoms with Crippen molar-refractivity contribution in [2.75, 3.05) is 26.2 Å². The molecule has 0 radical (unpaired) electrons. The Labute approximate surface area is 146 Å². The summed E-state index contributed by atoms with van der Waals surface area (Å²) in [6.45, 7) is 2.73. The van der Waals surface area contributed by atoms with Gasteiger partial charge in [0.25, 0.3) is 0 Å². The molecule has 1 heterocycles. The van der Waals surface area contributed by atoms with Crippen LogP contribution in [-0.2, 0) is 14.9 Å². The van der Waals surface area contributed by atoms with Crippen LogP contribution in [0.15, 0.2) is 28.7 Å². The first-order valence-electron chi connectivity index (χ1n) is 8.56. The second-order valence-electron chi connectivity index (χ2n) is 6.63. The summed E-state index contributed by atoms with van der Waals surface area (Å²) in [6, 6.07) is 8.54. The number of carbonyl (C=O) groups excluding carboxylic acids is 1. The average Bonchev–Trinajstić information content (AvgIpc) is 2.61. The number of nitrogens with one attached hydrogen (secondary N) is 2. The molecule has 1 aliphatic carbocycles. The Morgan fingerprint density at radius 3 is 2.87 bits per heavy atom. The molecule has 4 nitrogen and oxygen atoms in total. The fourth-order valence-corrected chi connectivity index (χ4v) is 4.12. The number of benzene rings is 1. The molecular weight excluding hydrogens is 356 g/mol. The van der Waals surface area contributed by atoms with E-state index in [9.17, 15) is 4.79 Å². The summed E-state index contributed by atoms with van der Waals surface area (Å²) < 4.78 is 6.66. The molecule has 2 N–H and O–H groups in total. The number of rotatable bonds is 4. The summed E-state index contributed by atoms with van der Waals surface area (Å²) in [5.41, 5.74) is 1.38. The average molecular weight is 381 g/mol. The zero-order valence-electron chi connectivity index (χ0n) is 13.4. The first-order valence-corrected chi connectivity index (χ1v) is 9.35. The molecule has 1 amide bonds. The molecule has 2 fully saturated rings. The van der Waals surface area contributed by atoms with Crippen LogP contribution in [0.1, 0.15) is 37.7 Å². The summed E-state index contributed by atoms with van der Waals surface area (Å²) in [5, 5.41) is 6.37. The van der Waals surface area contributed by atoms with Gasteiger partial charge in [0.2, 0.25) is 5.91 Å². The molecule has 2 aliphatic rings. The van der Waals surface area contributed by atoms with E-state index in [-0.39, 0.29) is 17.4 Å². The summed E-state index contributed by atoms with van der Waals surface area (Å²) in [4.78, 5) is 12.4. The molecule has 1 unspecified atom stereocenters. The van der Waals surface area contributed by atoms with Crippen LogP contribution in [0.4, 0.5) is 0 Å². The van der Waals surface area contributed by atoms with Crippen LogP contribution in [-0.4, -0.2) is 38.3 Å². The lowest BCUT2D eigenvalue weighted by atomic mass is 9.69. The molecule has 0 bridgehead atoms. The van der Waals surface area contributed by atoms with Crippen molar-refractivity contribution in [3.05, 3.63) is 34.3 Å². The Kier molecular flexibility index (Phi) is 5.72. The quantitative estimate of drug-likeness (QED) is 0.844. The number of hydrogen-bond acceptors (Lipinski definition) is 3. The molecular formula is C18H25BrN2O2. The van der Waals surface area contributed by atoms with Crippen molar-refractivity contribution in [2.45, 2.75) is 43.6 Å². The topological polar surface area (TPSA) is 50.4 Å². The highest BCUT2D eigenvalue weighted by atomic mass is 79.9. The van der Waals surface area contributed by atoms with E-state index >= 15 is 0 Å². The highest BCUT2D eigenvalue weighted by Crippen LogP contribution is 2.39. The second kappa shape index (κ2) is 7.77. The molecule has 0 spiro atoms. The van der Waals surface area contributed by atoms with Crippen molar-refractivity contribution < 1.29 is 9.53 Å². The molecule has 1 aromatic carbocycles. The van der Waals surface area contributed by atoms with Gasteiger partial charge < -0.3 is 15.4 Å². The highest BCUT2D eigenvalue weighted by molar-refractivity contribution is 9.10. The Morgan fingerprint density at radius 2 is 2.17 bits per heavy atom. The molecule has 1 aromatic rings. The van der Waals surface area contributed by atoms with Gasteiger partial charge in [0.1, 0.15) is 6.10 Å². The van der Waals surface area contributed by atoms with Gasteiger partial charge in [0.05, 0.1) is 6.61 Å². The number of hydrogen-bond donors (Lipinski definition) is 2. The lowest BCUT2D eigenvalue weighted by Crippen LogP contribution is -2.51. The van der Waals surface area contributed by atoms with Crippen LogP contribution in [0.2, 0.25) is 0 Å². The predicted octanol–water partition coefficient (Wildman–Crippen LogP) is 2.76. The van der Waals surface area contributed by atoms with E-state index in [1.165, 1.54) is 24.8 Å². The maximum atomic E-state index is 12.4. The Morgan fingerprint density at radius 1 is 1.35 bits per heavy atom. The summed E-state index contributed by atoms with van der Waals surface area (Å²) in [5.74, 6) is 0.0112. The molecule has 3 rings (SSSR count). The third-order valence-corrected chi connectivity index (χ3v) is 5.56. The number of morpholine rings is 1. The van der Waals surface area contributed by atoms with E-state index in [2.05, 4.69) is 50.8 Å². The molecule has 1 aliphatic heterocycles. The largest absolute Gasteiger partial charge is 0.366 e. The highest BCUT2D eigenvalue weighted by Gasteiger charge is 2.35. The van der Waals surface area contributed by atoms with Gasteiger partial charge in [-0.2, -0.15) is 0 Å². The van der Waals surface area contributed by atoms with Crippen molar-refractivity contribution in [3.8, 4) is 0 Å². The molecule has 5 heteroatoms. The first kappa shape index (κ1) is 16.9. The Balaban J connectivity index is 1.70. The van der Waals surface area contributed by atoms with E-state index < -0.39 is 0 Å². The normalized spacial score (nSPS) is 24.1. The van der Waals surface area contributed by atoms with Gasteiger partial charge >= 0.3 is 0 Å². The molecule has 1 saturated heterocycles. The fourth-order valence-electron chi connectivity index (χ4n) is 3.72. The van der Waals surface area contributed by atoms with Crippen molar-refractivity contribution in [3.63, 3.8) is 0 Å². The van der Waals surface area contributed by atoms with Crippen LogP contribution in [0.3, 0.4) is 0 Å². The van der Waals surface area contributed by atoms with E-state index in [0.29, 0.717) is 19.7 Å². The number of amides is 1. The van der Waals surface area contributed by atoms with Gasteiger partial charge in [-0.15, -0.1) is 0 Å². The van der Waals surface area contributed by atoms with Gasteiger partial charge in [-0.3, -0.25) is 4.79 Å². The van der Waals surface area contributed by atoms with Gasteiger partial charge in [-0.1, -0.05) is 47.3 Å². The smallest absolute Gasteiger partial charge is 0.250 e. The minimum Gasteiger partial charge on any atom is -0.366 e. The Bertz CT molecular complexity index is 538. The summed E-state index contributed by atoms with van der Waals surface area (Å²) in [6.07, 6.45) is 5.65. The number of halogens is 1. The lowest BCUT2D eigenvalue weighted by molar-refractivity contribution is -0.134. The summed E-state index contributed by atoms with van der Waals surface area (Å²) in [7, 11) is 0. The standard InChI is InChI=1S/C18H25BrN2O2/c19-15-6-4-5-14(11-15)18(7-2-1-3-8-18)13-21-17(22)16-12-20-9-10-23-16/h4-6,11,16,20H,1-3,7-10,12-13H2,(H,21,22). The Hall–Kier alpha value is -0.910. The molecule has 0 aromatic heterocycles. The molecule has 23 heavy (non-hydrogen) atoms. The fraction of sp³-hybridized carbons (Fsp3) is 0.611. The van der Waals surface area contributed by atoms with Gasteiger partial charge in [-0.05, 0) is 30.5 Å². The van der Waals surface area contributed by atoms with Crippen molar-refractivity contribution >= 4 is 21.8 Å². The third-order valence-electron chi connectivity index (χ3n) is 5.07. The second-order valence-corrected chi connectivity index (χ2v) is 7.55. The third kappa shape index (κ3) is 4.14. The van der Waals surface area contributed by atoms with Crippen LogP contribution in [0.25, 0.3) is 0 Å². The molecule has 1 atom stereocenters. The van der Waals surface area contributed by atoms with Crippen molar-refractivity contribution in [1.82, 2.24) is 10.6 Å². The molecule has 1 saturated carbocycles. The van der Waals surface area contributed by atoms with Crippen molar-refractivity contribution in [1.29, 1.82) is 0 Å². The zero-order chi connectivity index (χ0) is 16.1. The van der Waals surface area contributed by atoms with E-state index in [0.717, 1.165) is 23.9 Å². The number of ether oxygens (including phenoxy) is 1. The van der Waals surface area contributed by atoms with E-state index in [1.54, 1.807) is 0 Å². The molecule has 126 valence electrons. The zero-order valence-corrected chi connectivity index (χ0v) is 15.0. The van der Waals surface area contributed by atoms with Crippen LogP contribution in [0.5, 0.6) is 0 Å². The predicted molar refractivity (Wildman–Crippen MR) is 94.5 cm³/mol. The lowest BCUT2D eigenvalue weighted by Gasteiger charge is -2.38. The van der Waals surface area contributed by atoms with E-state index in [4.69, 9.17) is 4.74 Å². The minimum atomic E-state index is -0.355. The maximum Gasteiger partial charge on any atom is 0.250 e. The van der Waals surface area contributed by atoms with Crippen molar-refractivity contribution in [2.24, 2.45) is 0 Å².